The minimum Gasteiger partial charge on any atom is -0.253 e. The molecule has 0 N–H and O–H groups in total. The average molecular weight is 716 g/mol. The van der Waals surface area contributed by atoms with Gasteiger partial charge in [0.05, 0.1) is 16.7 Å². The summed E-state index contributed by atoms with van der Waals surface area (Å²) in [5, 5.41) is 2.14. The van der Waals surface area contributed by atoms with E-state index in [1.807, 2.05) is 48.7 Å². The van der Waals surface area contributed by atoms with Crippen molar-refractivity contribution in [2.24, 2.45) is 0 Å². The highest BCUT2D eigenvalue weighted by Gasteiger charge is 2.14. The maximum Gasteiger partial charge on any atom is 0.164 e. The van der Waals surface area contributed by atoms with Crippen LogP contribution >= 0.6 is 0 Å². The van der Waals surface area contributed by atoms with E-state index in [-0.39, 0.29) is 0 Å². The molecule has 10 rings (SSSR count). The SMILES string of the molecule is c1ccc(-c2ccc(-c3nc(-c4ccccc4)nc(-c4ccc(-c5ccc(-c6ccc7ccc8cc(-c9ccccc9)cnc8c7n6)cc5)cc4)n3)cc2)cc1. The quantitative estimate of drug-likeness (QED) is 0.154. The van der Waals surface area contributed by atoms with Crippen LogP contribution in [0.1, 0.15) is 0 Å². The Morgan fingerprint density at radius 2 is 0.625 bits per heavy atom. The highest BCUT2D eigenvalue weighted by molar-refractivity contribution is 6.04. The van der Waals surface area contributed by atoms with Crippen molar-refractivity contribution in [2.75, 3.05) is 0 Å². The molecular weight excluding hydrogens is 683 g/mol. The van der Waals surface area contributed by atoms with E-state index in [1.54, 1.807) is 0 Å². The van der Waals surface area contributed by atoms with E-state index < -0.39 is 0 Å². The summed E-state index contributed by atoms with van der Waals surface area (Å²) >= 11 is 0. The molecule has 0 saturated carbocycles. The summed E-state index contributed by atoms with van der Waals surface area (Å²) in [4.78, 5) is 24.8. The number of fused-ring (bicyclic) bond motifs is 3. The van der Waals surface area contributed by atoms with Gasteiger partial charge in [-0.05, 0) is 39.9 Å². The van der Waals surface area contributed by atoms with Crippen molar-refractivity contribution in [1.82, 2.24) is 24.9 Å². The molecule has 0 radical (unpaired) electrons. The summed E-state index contributed by atoms with van der Waals surface area (Å²) in [5.74, 6) is 1.90. The summed E-state index contributed by atoms with van der Waals surface area (Å²) in [7, 11) is 0. The first-order chi connectivity index (χ1) is 27.7. The van der Waals surface area contributed by atoms with Crippen LogP contribution < -0.4 is 0 Å². The molecule has 0 aliphatic heterocycles. The van der Waals surface area contributed by atoms with Gasteiger partial charge in [-0.15, -0.1) is 0 Å². The second-order valence-corrected chi connectivity index (χ2v) is 13.8. The van der Waals surface area contributed by atoms with Crippen molar-refractivity contribution in [3.05, 3.63) is 200 Å². The third-order valence-corrected chi connectivity index (χ3v) is 10.2. The normalized spacial score (nSPS) is 11.2. The number of rotatable bonds is 7. The minimum absolute atomic E-state index is 0.628. The Morgan fingerprint density at radius 1 is 0.250 bits per heavy atom. The van der Waals surface area contributed by atoms with Crippen molar-refractivity contribution >= 4 is 21.8 Å². The number of nitrogens with zero attached hydrogens (tertiary/aromatic N) is 5. The third kappa shape index (κ3) is 6.48. The lowest BCUT2D eigenvalue weighted by molar-refractivity contribution is 1.07. The molecular formula is C51H33N5. The summed E-state index contributed by atoms with van der Waals surface area (Å²) in [6.07, 6.45) is 1.94. The van der Waals surface area contributed by atoms with Crippen molar-refractivity contribution in [3.63, 3.8) is 0 Å². The van der Waals surface area contributed by atoms with Gasteiger partial charge in [0.1, 0.15) is 0 Å². The van der Waals surface area contributed by atoms with Gasteiger partial charge in [0.2, 0.25) is 0 Å². The van der Waals surface area contributed by atoms with Crippen LogP contribution in [0.3, 0.4) is 0 Å². The molecule has 0 saturated heterocycles. The highest BCUT2D eigenvalue weighted by atomic mass is 15.0. The van der Waals surface area contributed by atoms with Crippen molar-refractivity contribution in [1.29, 1.82) is 0 Å². The van der Waals surface area contributed by atoms with Crippen molar-refractivity contribution in [3.8, 4) is 78.8 Å². The first-order valence-electron chi connectivity index (χ1n) is 18.7. The van der Waals surface area contributed by atoms with Gasteiger partial charge in [0, 0.05) is 44.8 Å². The highest BCUT2D eigenvalue weighted by Crippen LogP contribution is 2.32. The molecule has 0 unspecified atom stereocenters. The smallest absolute Gasteiger partial charge is 0.164 e. The van der Waals surface area contributed by atoms with Gasteiger partial charge in [-0.3, -0.25) is 4.98 Å². The van der Waals surface area contributed by atoms with Crippen LogP contribution in [-0.2, 0) is 0 Å². The Labute approximate surface area is 324 Å². The zero-order valence-electron chi connectivity index (χ0n) is 30.3. The predicted molar refractivity (Wildman–Crippen MR) is 228 cm³/mol. The molecule has 0 aliphatic rings. The van der Waals surface area contributed by atoms with Gasteiger partial charge in [0.15, 0.2) is 17.5 Å². The van der Waals surface area contributed by atoms with Crippen LogP contribution in [0.25, 0.3) is 101 Å². The summed E-state index contributed by atoms with van der Waals surface area (Å²) < 4.78 is 0. The number of benzene rings is 7. The number of aromatic nitrogens is 5. The second kappa shape index (κ2) is 14.3. The molecule has 56 heavy (non-hydrogen) atoms. The van der Waals surface area contributed by atoms with Crippen LogP contribution in [-0.4, -0.2) is 24.9 Å². The summed E-state index contributed by atoms with van der Waals surface area (Å²) in [6.45, 7) is 0. The Hall–Kier alpha value is -7.63. The van der Waals surface area contributed by atoms with Gasteiger partial charge in [-0.1, -0.05) is 182 Å². The largest absolute Gasteiger partial charge is 0.253 e. The fourth-order valence-corrected chi connectivity index (χ4v) is 7.17. The van der Waals surface area contributed by atoms with Crippen LogP contribution in [0.15, 0.2) is 200 Å². The Bertz CT molecular complexity index is 2970. The van der Waals surface area contributed by atoms with Gasteiger partial charge < -0.3 is 0 Å². The zero-order chi connectivity index (χ0) is 37.3. The van der Waals surface area contributed by atoms with Crippen LogP contribution in [0, 0.1) is 0 Å². The zero-order valence-corrected chi connectivity index (χ0v) is 30.3. The van der Waals surface area contributed by atoms with Gasteiger partial charge in [0.25, 0.3) is 0 Å². The van der Waals surface area contributed by atoms with Crippen LogP contribution in [0.2, 0.25) is 0 Å². The molecule has 10 aromatic rings. The molecule has 0 spiro atoms. The molecule has 7 aromatic carbocycles. The van der Waals surface area contributed by atoms with E-state index in [1.165, 1.54) is 5.56 Å². The van der Waals surface area contributed by atoms with Gasteiger partial charge in [-0.2, -0.15) is 0 Å². The average Bonchev–Trinajstić information content (AvgIpc) is 3.29. The molecule has 3 heterocycles. The van der Waals surface area contributed by atoms with E-state index in [4.69, 9.17) is 24.9 Å². The first-order valence-corrected chi connectivity index (χ1v) is 18.7. The lowest BCUT2D eigenvalue weighted by Crippen LogP contribution is -2.00. The molecule has 0 atom stereocenters. The van der Waals surface area contributed by atoms with Crippen molar-refractivity contribution in [2.45, 2.75) is 0 Å². The Kier molecular flexibility index (Phi) is 8.43. The van der Waals surface area contributed by atoms with E-state index >= 15 is 0 Å². The van der Waals surface area contributed by atoms with E-state index in [0.29, 0.717) is 17.5 Å². The number of hydrogen-bond acceptors (Lipinski definition) is 5. The molecule has 5 heteroatoms. The Balaban J connectivity index is 0.934. The third-order valence-electron chi connectivity index (χ3n) is 10.2. The molecule has 0 aliphatic carbocycles. The van der Waals surface area contributed by atoms with E-state index in [9.17, 15) is 0 Å². The minimum atomic E-state index is 0.628. The molecule has 262 valence electrons. The summed E-state index contributed by atoms with van der Waals surface area (Å²) in [6, 6.07) is 66.8. The standard InChI is InChI=1S/C51H33N5/c1-4-10-34(11-5-1)36-18-25-42(26-19-36)50-54-49(41-14-8-3-9-15-41)55-51(56-50)43-27-20-38(21-28-43)37-16-22-39(23-17-37)46-31-30-40-24-29-44-32-45(35-12-6-2-7-13-35)33-52-47(44)48(40)53-46/h1-33H. The second-order valence-electron chi connectivity index (χ2n) is 13.8. The molecule has 3 aromatic heterocycles. The molecule has 0 amide bonds. The van der Waals surface area contributed by atoms with Gasteiger partial charge >= 0.3 is 0 Å². The lowest BCUT2D eigenvalue weighted by Gasteiger charge is -2.10. The molecule has 0 fully saturated rings. The fourth-order valence-electron chi connectivity index (χ4n) is 7.17. The fraction of sp³-hybridized carbons (Fsp3) is 0. The monoisotopic (exact) mass is 715 g/mol. The van der Waals surface area contributed by atoms with Crippen LogP contribution in [0.5, 0.6) is 0 Å². The van der Waals surface area contributed by atoms with Crippen molar-refractivity contribution < 1.29 is 0 Å². The van der Waals surface area contributed by atoms with E-state index in [2.05, 4.69) is 152 Å². The Morgan fingerprint density at radius 3 is 1.14 bits per heavy atom. The maximum absolute atomic E-state index is 5.12. The molecule has 5 nitrogen and oxygen atoms in total. The topological polar surface area (TPSA) is 64.5 Å². The predicted octanol–water partition coefficient (Wildman–Crippen LogP) is 12.6. The van der Waals surface area contributed by atoms with Gasteiger partial charge in [-0.25, -0.2) is 19.9 Å². The van der Waals surface area contributed by atoms with Crippen LogP contribution in [0.4, 0.5) is 0 Å². The van der Waals surface area contributed by atoms with E-state index in [0.717, 1.165) is 77.6 Å². The lowest BCUT2D eigenvalue weighted by atomic mass is 10.0. The maximum atomic E-state index is 5.12. The number of pyridine rings is 2. The number of hydrogen-bond donors (Lipinski definition) is 0. The first kappa shape index (κ1) is 33.0. The molecule has 0 bridgehead atoms. The summed E-state index contributed by atoms with van der Waals surface area (Å²) in [5.41, 5.74) is 13.3.